The molecule has 0 aliphatic carbocycles. The Morgan fingerprint density at radius 3 is 2.29 bits per heavy atom. The Balaban J connectivity index is 1.41. The molecule has 0 radical (unpaired) electrons. The third-order valence-corrected chi connectivity index (χ3v) is 7.98. The summed E-state index contributed by atoms with van der Waals surface area (Å²) in [5.74, 6) is 0.869. The van der Waals surface area contributed by atoms with E-state index in [1.807, 2.05) is 36.4 Å². The van der Waals surface area contributed by atoms with Crippen molar-refractivity contribution in [3.63, 3.8) is 0 Å². The van der Waals surface area contributed by atoms with E-state index < -0.39 is 0 Å². The van der Waals surface area contributed by atoms with Crippen LogP contribution in [0.2, 0.25) is 0 Å². The predicted octanol–water partition coefficient (Wildman–Crippen LogP) is 8.89. The van der Waals surface area contributed by atoms with Crippen LogP contribution in [0.1, 0.15) is 5.56 Å². The molecule has 4 aromatic carbocycles. The number of hydrogen-bond acceptors (Lipinski definition) is 4. The maximum absolute atomic E-state index is 5.09. The zero-order valence-corrected chi connectivity index (χ0v) is 22.3. The molecule has 41 heavy (non-hydrogen) atoms. The first-order valence-corrected chi connectivity index (χ1v) is 13.7. The largest absolute Gasteiger partial charge is 0.335 e. The first-order chi connectivity index (χ1) is 20.3. The number of aromatic nitrogens is 3. The number of nitrogens with zero attached hydrogens (tertiary/aromatic N) is 5. The summed E-state index contributed by atoms with van der Waals surface area (Å²) in [4.78, 5) is 16.3. The van der Waals surface area contributed by atoms with Crippen molar-refractivity contribution in [1.29, 1.82) is 0 Å². The van der Waals surface area contributed by atoms with Crippen LogP contribution in [0.3, 0.4) is 0 Å². The summed E-state index contributed by atoms with van der Waals surface area (Å²) in [7, 11) is 0. The van der Waals surface area contributed by atoms with Gasteiger partial charge in [0, 0.05) is 34.8 Å². The lowest BCUT2D eigenvalue weighted by molar-refractivity contribution is 0.970. The van der Waals surface area contributed by atoms with Gasteiger partial charge in [0.25, 0.3) is 0 Å². The Hall–Kier alpha value is -5.55. The molecule has 0 N–H and O–H groups in total. The standard InChI is InChI=1S/C36H25N5/c1-37-30-14-4-7-18-33(30)40-23-27-24(25-11-2-5-16-31(25)40)20-21-34-36(27)26-12-3-6-17-32(26)41(34)35-19-10-15-29(39-35)28-13-8-9-22-38-28/h2-22H,1,23H2. The van der Waals surface area contributed by atoms with Gasteiger partial charge in [-0.3, -0.25) is 14.5 Å². The van der Waals surface area contributed by atoms with Crippen molar-refractivity contribution in [2.24, 2.45) is 4.99 Å². The first-order valence-electron chi connectivity index (χ1n) is 13.7. The molecule has 7 aromatic rings. The molecule has 0 bridgehead atoms. The molecule has 1 aliphatic rings. The Morgan fingerprint density at radius 1 is 0.634 bits per heavy atom. The second-order valence-electron chi connectivity index (χ2n) is 10.2. The van der Waals surface area contributed by atoms with Crippen LogP contribution in [-0.2, 0) is 6.54 Å². The normalized spacial score (nSPS) is 12.3. The fourth-order valence-electron chi connectivity index (χ4n) is 6.22. The second-order valence-corrected chi connectivity index (χ2v) is 10.2. The molecule has 0 saturated carbocycles. The smallest absolute Gasteiger partial charge is 0.138 e. The van der Waals surface area contributed by atoms with Crippen LogP contribution in [0, 0.1) is 0 Å². The summed E-state index contributed by atoms with van der Waals surface area (Å²) in [5, 5.41) is 2.45. The van der Waals surface area contributed by atoms with Gasteiger partial charge in [0.15, 0.2) is 0 Å². The van der Waals surface area contributed by atoms with Crippen molar-refractivity contribution in [1.82, 2.24) is 14.5 Å². The molecule has 194 valence electrons. The highest BCUT2D eigenvalue weighted by Gasteiger charge is 2.28. The highest BCUT2D eigenvalue weighted by atomic mass is 15.2. The Labute approximate surface area is 237 Å². The van der Waals surface area contributed by atoms with Crippen LogP contribution in [0.5, 0.6) is 0 Å². The summed E-state index contributed by atoms with van der Waals surface area (Å²) in [6, 6.07) is 42.0. The molecule has 5 heteroatoms. The van der Waals surface area contributed by atoms with Crippen molar-refractivity contribution < 1.29 is 0 Å². The minimum atomic E-state index is 0.714. The molecule has 1 aliphatic heterocycles. The van der Waals surface area contributed by atoms with E-state index in [0.29, 0.717) is 6.54 Å². The third-order valence-electron chi connectivity index (χ3n) is 7.98. The van der Waals surface area contributed by atoms with Gasteiger partial charge in [-0.05, 0) is 72.4 Å². The quantitative estimate of drug-likeness (QED) is 0.215. The highest BCUT2D eigenvalue weighted by molar-refractivity contribution is 6.13. The van der Waals surface area contributed by atoms with Gasteiger partial charge in [-0.1, -0.05) is 66.7 Å². The Morgan fingerprint density at radius 2 is 1.41 bits per heavy atom. The third kappa shape index (κ3) is 3.60. The fraction of sp³-hybridized carbons (Fsp3) is 0.0278. The monoisotopic (exact) mass is 527 g/mol. The van der Waals surface area contributed by atoms with Crippen LogP contribution in [0.25, 0.3) is 50.1 Å². The summed E-state index contributed by atoms with van der Waals surface area (Å²) in [6.07, 6.45) is 1.81. The number of benzene rings is 4. The Kier molecular flexibility index (Phi) is 5.28. The number of hydrogen-bond donors (Lipinski definition) is 0. The second kappa shape index (κ2) is 9.28. The molecule has 5 nitrogen and oxygen atoms in total. The van der Waals surface area contributed by atoms with Crippen molar-refractivity contribution in [2.75, 3.05) is 4.90 Å². The van der Waals surface area contributed by atoms with Gasteiger partial charge in [0.2, 0.25) is 0 Å². The lowest BCUT2D eigenvalue weighted by Gasteiger charge is -2.34. The summed E-state index contributed by atoms with van der Waals surface area (Å²) in [5.41, 5.74) is 10.8. The van der Waals surface area contributed by atoms with E-state index in [0.717, 1.165) is 39.6 Å². The van der Waals surface area contributed by atoms with Crippen molar-refractivity contribution in [3.05, 3.63) is 133 Å². The minimum absolute atomic E-state index is 0.714. The molecule has 0 atom stereocenters. The topological polar surface area (TPSA) is 46.3 Å². The average molecular weight is 528 g/mol. The molecule has 0 saturated heterocycles. The van der Waals surface area contributed by atoms with Gasteiger partial charge in [-0.2, -0.15) is 0 Å². The van der Waals surface area contributed by atoms with E-state index in [2.05, 4.69) is 111 Å². The van der Waals surface area contributed by atoms with Crippen LogP contribution in [0.15, 0.2) is 133 Å². The minimum Gasteiger partial charge on any atom is -0.335 e. The highest BCUT2D eigenvalue weighted by Crippen LogP contribution is 2.48. The van der Waals surface area contributed by atoms with Crippen molar-refractivity contribution in [3.8, 4) is 28.3 Å². The van der Waals surface area contributed by atoms with E-state index in [9.17, 15) is 0 Å². The van der Waals surface area contributed by atoms with Gasteiger partial charge in [-0.25, -0.2) is 4.98 Å². The fourth-order valence-corrected chi connectivity index (χ4v) is 6.22. The molecule has 0 amide bonds. The molecule has 0 fully saturated rings. The summed E-state index contributed by atoms with van der Waals surface area (Å²) >= 11 is 0. The van der Waals surface area contributed by atoms with E-state index in [1.54, 1.807) is 6.20 Å². The number of fused-ring (bicyclic) bond motifs is 7. The number of aliphatic imine (C=N–C) groups is 1. The van der Waals surface area contributed by atoms with Gasteiger partial charge < -0.3 is 4.90 Å². The van der Waals surface area contributed by atoms with E-state index in [4.69, 9.17) is 4.98 Å². The van der Waals surface area contributed by atoms with Crippen molar-refractivity contribution in [2.45, 2.75) is 6.54 Å². The zero-order chi connectivity index (χ0) is 27.3. The lowest BCUT2D eigenvalue weighted by atomic mass is 9.90. The number of pyridine rings is 2. The molecule has 3 aromatic heterocycles. The van der Waals surface area contributed by atoms with E-state index >= 15 is 0 Å². The number of rotatable bonds is 4. The van der Waals surface area contributed by atoms with E-state index in [-0.39, 0.29) is 0 Å². The summed E-state index contributed by atoms with van der Waals surface area (Å²) in [6.45, 7) is 4.57. The SMILES string of the molecule is C=Nc1ccccc1N1Cc2c(ccc3c2c2ccccc2n3-c2cccc(-c3ccccn3)n2)-c2ccccc21. The molecular weight excluding hydrogens is 502 g/mol. The van der Waals surface area contributed by atoms with Gasteiger partial charge in [-0.15, -0.1) is 0 Å². The molecular formula is C36H25N5. The van der Waals surface area contributed by atoms with Crippen molar-refractivity contribution >= 4 is 45.6 Å². The van der Waals surface area contributed by atoms with Crippen LogP contribution < -0.4 is 4.90 Å². The maximum Gasteiger partial charge on any atom is 0.138 e. The summed E-state index contributed by atoms with van der Waals surface area (Å²) < 4.78 is 2.28. The Bertz CT molecular complexity index is 2110. The first kappa shape index (κ1) is 23.3. The molecule has 4 heterocycles. The van der Waals surface area contributed by atoms with Gasteiger partial charge >= 0.3 is 0 Å². The molecule has 8 rings (SSSR count). The number of para-hydroxylation sites is 4. The number of anilines is 2. The van der Waals surface area contributed by atoms with E-state index in [1.165, 1.54) is 33.2 Å². The van der Waals surface area contributed by atoms with Gasteiger partial charge in [0.1, 0.15) is 5.82 Å². The average Bonchev–Trinajstić information content (AvgIpc) is 3.39. The van der Waals surface area contributed by atoms with Crippen LogP contribution in [0.4, 0.5) is 17.1 Å². The van der Waals surface area contributed by atoms with Crippen LogP contribution >= 0.6 is 0 Å². The zero-order valence-electron chi connectivity index (χ0n) is 22.3. The lowest BCUT2D eigenvalue weighted by Crippen LogP contribution is -2.21. The maximum atomic E-state index is 5.09. The van der Waals surface area contributed by atoms with Crippen LogP contribution in [-0.4, -0.2) is 21.3 Å². The molecule has 0 unspecified atom stereocenters. The molecule has 0 spiro atoms. The van der Waals surface area contributed by atoms with Gasteiger partial charge in [0.05, 0.1) is 33.8 Å². The predicted molar refractivity (Wildman–Crippen MR) is 169 cm³/mol.